The van der Waals surface area contributed by atoms with Crippen LogP contribution in [-0.2, 0) is 28.7 Å². The van der Waals surface area contributed by atoms with Crippen molar-refractivity contribution in [3.05, 3.63) is 95.1 Å². The van der Waals surface area contributed by atoms with Crippen LogP contribution in [0.5, 0.6) is 5.75 Å². The molecule has 1 aromatic heterocycles. The minimum atomic E-state index is -0.706. The number of aryl methyl sites for hydroxylation is 2. The van der Waals surface area contributed by atoms with Crippen LogP contribution in [-0.4, -0.2) is 16.1 Å². The molecule has 2 atom stereocenters. The van der Waals surface area contributed by atoms with Gasteiger partial charge >= 0.3 is 5.97 Å². The molecular weight excluding hydrogens is 441 g/mol. The van der Waals surface area contributed by atoms with Crippen molar-refractivity contribution in [3.8, 4) is 16.9 Å². The second kappa shape index (κ2) is 8.33. The van der Waals surface area contributed by atoms with Gasteiger partial charge in [-0.25, -0.2) is 4.39 Å². The van der Waals surface area contributed by atoms with E-state index in [2.05, 4.69) is 37.5 Å². The monoisotopic (exact) mass is 471 g/mol. The van der Waals surface area contributed by atoms with E-state index in [4.69, 9.17) is 4.74 Å². The second-order valence-corrected chi connectivity index (χ2v) is 10.5. The molecule has 35 heavy (non-hydrogen) atoms. The van der Waals surface area contributed by atoms with Crippen molar-refractivity contribution < 1.29 is 19.0 Å². The van der Waals surface area contributed by atoms with Crippen LogP contribution >= 0.6 is 0 Å². The highest BCUT2D eigenvalue weighted by Crippen LogP contribution is 2.62. The maximum atomic E-state index is 14.7. The predicted molar refractivity (Wildman–Crippen MR) is 134 cm³/mol. The molecule has 2 aromatic carbocycles. The molecule has 5 heteroatoms. The van der Waals surface area contributed by atoms with Crippen LogP contribution in [0.1, 0.15) is 54.6 Å². The molecule has 0 unspecified atom stereocenters. The van der Waals surface area contributed by atoms with E-state index in [0.29, 0.717) is 18.6 Å². The first-order valence-corrected chi connectivity index (χ1v) is 12.0. The van der Waals surface area contributed by atoms with E-state index in [1.807, 2.05) is 37.3 Å². The third-order valence-electron chi connectivity index (χ3n) is 7.81. The van der Waals surface area contributed by atoms with E-state index in [-0.39, 0.29) is 22.6 Å². The smallest absolute Gasteiger partial charge is 0.307 e. The van der Waals surface area contributed by atoms with Crippen LogP contribution in [0, 0.1) is 18.7 Å². The Balaban J connectivity index is 1.43. The molecule has 180 valence electrons. The van der Waals surface area contributed by atoms with Crippen molar-refractivity contribution in [3.63, 3.8) is 0 Å². The number of halogens is 1. The fraction of sp³-hybridized carbons (Fsp3) is 0.333. The molecule has 0 saturated heterocycles. The molecule has 1 spiro atoms. The predicted octanol–water partition coefficient (Wildman–Crippen LogP) is 6.53. The standard InChI is InChI=1S/C30H30FNO3/c1-5-29(3,4)25-13-19(6-9-22(25)23-12-18(2)32-16-27(23)31)17-35-21-8-7-20-10-11-30(24(20)14-21)15-26(30)28(33)34/h5-9,12-14,16,26H,1,10-11,15,17H2,2-4H3,(H,33,34)/t26-,30-/m0/s1. The van der Waals surface area contributed by atoms with Gasteiger partial charge in [0.1, 0.15) is 18.2 Å². The Kier molecular flexibility index (Phi) is 5.54. The van der Waals surface area contributed by atoms with E-state index in [0.717, 1.165) is 46.5 Å². The van der Waals surface area contributed by atoms with E-state index < -0.39 is 5.97 Å². The fourth-order valence-electron chi connectivity index (χ4n) is 5.50. The summed E-state index contributed by atoms with van der Waals surface area (Å²) in [5.41, 5.74) is 5.80. The van der Waals surface area contributed by atoms with Crippen molar-refractivity contribution in [2.75, 3.05) is 0 Å². The Morgan fingerprint density at radius 1 is 1.26 bits per heavy atom. The number of carboxylic acid groups (broad SMARTS) is 1. The number of rotatable bonds is 7. The number of aromatic nitrogens is 1. The second-order valence-electron chi connectivity index (χ2n) is 10.5. The Bertz CT molecular complexity index is 1350. The number of nitrogens with zero attached hydrogens (tertiary/aromatic N) is 1. The number of aliphatic carboxylic acids is 1. The molecule has 1 N–H and O–H groups in total. The largest absolute Gasteiger partial charge is 0.489 e. The van der Waals surface area contributed by atoms with Gasteiger partial charge in [-0.3, -0.25) is 9.78 Å². The first kappa shape index (κ1) is 23.3. The number of benzene rings is 2. The SMILES string of the molecule is C=CC(C)(C)c1cc(COc2ccc3c(c2)[C@]2(CC3)C[C@H]2C(=O)O)ccc1-c1cc(C)ncc1F. The molecular formula is C30H30FNO3. The van der Waals surface area contributed by atoms with Crippen molar-refractivity contribution in [2.45, 2.75) is 57.5 Å². The summed E-state index contributed by atoms with van der Waals surface area (Å²) >= 11 is 0. The molecule has 4 nitrogen and oxygen atoms in total. The van der Waals surface area contributed by atoms with Gasteiger partial charge in [0.25, 0.3) is 0 Å². The number of hydrogen-bond donors (Lipinski definition) is 1. The van der Waals surface area contributed by atoms with Gasteiger partial charge < -0.3 is 9.84 Å². The molecule has 0 bridgehead atoms. The van der Waals surface area contributed by atoms with Gasteiger partial charge in [0.2, 0.25) is 0 Å². The van der Waals surface area contributed by atoms with Crippen molar-refractivity contribution in [2.24, 2.45) is 5.92 Å². The normalized spacial score (nSPS) is 20.5. The fourth-order valence-corrected chi connectivity index (χ4v) is 5.50. The lowest BCUT2D eigenvalue weighted by atomic mass is 9.79. The van der Waals surface area contributed by atoms with Crippen molar-refractivity contribution in [1.29, 1.82) is 0 Å². The third-order valence-corrected chi connectivity index (χ3v) is 7.81. The Labute approximate surface area is 205 Å². The number of pyridine rings is 1. The zero-order chi connectivity index (χ0) is 25.0. The number of fused-ring (bicyclic) bond motifs is 2. The lowest BCUT2D eigenvalue weighted by molar-refractivity contribution is -0.139. The average Bonchev–Trinajstić information content (AvgIpc) is 3.48. The van der Waals surface area contributed by atoms with Gasteiger partial charge in [0.05, 0.1) is 12.1 Å². The van der Waals surface area contributed by atoms with Gasteiger partial charge in [0, 0.05) is 22.1 Å². The summed E-state index contributed by atoms with van der Waals surface area (Å²) in [7, 11) is 0. The summed E-state index contributed by atoms with van der Waals surface area (Å²) in [4.78, 5) is 15.6. The first-order chi connectivity index (χ1) is 16.6. The topological polar surface area (TPSA) is 59.4 Å². The molecule has 1 fully saturated rings. The summed E-state index contributed by atoms with van der Waals surface area (Å²) < 4.78 is 20.9. The van der Waals surface area contributed by atoms with Crippen LogP contribution in [0.4, 0.5) is 4.39 Å². The molecule has 0 aliphatic heterocycles. The van der Waals surface area contributed by atoms with Crippen LogP contribution in [0.3, 0.4) is 0 Å². The number of ether oxygens (including phenoxy) is 1. The van der Waals surface area contributed by atoms with Crippen LogP contribution in [0.2, 0.25) is 0 Å². The molecule has 1 saturated carbocycles. The van der Waals surface area contributed by atoms with Crippen molar-refractivity contribution >= 4 is 5.97 Å². The maximum absolute atomic E-state index is 14.7. The van der Waals surface area contributed by atoms with E-state index in [9.17, 15) is 14.3 Å². The third kappa shape index (κ3) is 4.03. The van der Waals surface area contributed by atoms with Crippen molar-refractivity contribution in [1.82, 2.24) is 4.98 Å². The number of hydrogen-bond acceptors (Lipinski definition) is 3. The number of carbonyl (C=O) groups is 1. The minimum Gasteiger partial charge on any atom is -0.489 e. The highest BCUT2D eigenvalue weighted by molar-refractivity contribution is 5.78. The first-order valence-electron chi connectivity index (χ1n) is 12.0. The summed E-state index contributed by atoms with van der Waals surface area (Å²) in [6.45, 7) is 10.3. The minimum absolute atomic E-state index is 0.212. The summed E-state index contributed by atoms with van der Waals surface area (Å²) in [6, 6.07) is 13.8. The van der Waals surface area contributed by atoms with Crippen LogP contribution in [0.25, 0.3) is 11.1 Å². The van der Waals surface area contributed by atoms with Gasteiger partial charge in [-0.1, -0.05) is 44.2 Å². The van der Waals surface area contributed by atoms with Gasteiger partial charge in [-0.05, 0) is 72.2 Å². The maximum Gasteiger partial charge on any atom is 0.307 e. The average molecular weight is 472 g/mol. The summed E-state index contributed by atoms with van der Waals surface area (Å²) in [5.74, 6) is -0.604. The molecule has 1 heterocycles. The van der Waals surface area contributed by atoms with E-state index in [1.54, 1.807) is 6.07 Å². The summed E-state index contributed by atoms with van der Waals surface area (Å²) in [5, 5.41) is 9.51. The number of allylic oxidation sites excluding steroid dienone is 1. The zero-order valence-corrected chi connectivity index (χ0v) is 20.4. The van der Waals surface area contributed by atoms with E-state index >= 15 is 0 Å². The Hall–Kier alpha value is -3.47. The van der Waals surface area contributed by atoms with Gasteiger partial charge in [-0.15, -0.1) is 6.58 Å². The highest BCUT2D eigenvalue weighted by atomic mass is 19.1. The zero-order valence-electron chi connectivity index (χ0n) is 20.4. The Morgan fingerprint density at radius 3 is 2.77 bits per heavy atom. The molecule has 3 aromatic rings. The molecule has 2 aliphatic carbocycles. The van der Waals surface area contributed by atoms with Crippen LogP contribution < -0.4 is 4.74 Å². The van der Waals surface area contributed by atoms with Gasteiger partial charge in [-0.2, -0.15) is 0 Å². The van der Waals surface area contributed by atoms with Gasteiger partial charge in [0.15, 0.2) is 0 Å². The molecule has 2 aliphatic rings. The Morgan fingerprint density at radius 2 is 2.06 bits per heavy atom. The molecule has 0 radical (unpaired) electrons. The van der Waals surface area contributed by atoms with Crippen LogP contribution in [0.15, 0.2) is 61.3 Å². The van der Waals surface area contributed by atoms with E-state index in [1.165, 1.54) is 11.8 Å². The lowest BCUT2D eigenvalue weighted by Gasteiger charge is -2.25. The number of carboxylic acids is 1. The molecule has 0 amide bonds. The quantitative estimate of drug-likeness (QED) is 0.398. The highest BCUT2D eigenvalue weighted by Gasteiger charge is 2.61. The lowest BCUT2D eigenvalue weighted by Crippen LogP contribution is -2.16. The molecule has 5 rings (SSSR count). The summed E-state index contributed by atoms with van der Waals surface area (Å²) in [6.07, 6.45) is 5.67.